The summed E-state index contributed by atoms with van der Waals surface area (Å²) >= 11 is 5.02. The summed E-state index contributed by atoms with van der Waals surface area (Å²) in [6.07, 6.45) is 38.0. The number of carbonyl (C=O) groups is 4. The molecule has 58 heavy (non-hydrogen) atoms. The van der Waals surface area contributed by atoms with Crippen molar-refractivity contribution in [1.82, 2.24) is 5.32 Å². The van der Waals surface area contributed by atoms with Crippen LogP contribution in [0.15, 0.2) is 72.6 Å². The second-order valence-electron chi connectivity index (χ2n) is 13.6. The highest BCUT2D eigenvalue weighted by Gasteiger charge is 2.36. The first-order valence-electron chi connectivity index (χ1n) is 21.3. The molecule has 7 N–H and O–H groups in total. The second-order valence-corrected chi connectivity index (χ2v) is 14.0. The van der Waals surface area contributed by atoms with Crippen LogP contribution in [0.3, 0.4) is 0 Å². The van der Waals surface area contributed by atoms with Gasteiger partial charge in [-0.05, 0) is 94.7 Å². The molecular formula is C46H79ClN2O9. The van der Waals surface area contributed by atoms with Gasteiger partial charge < -0.3 is 36.2 Å². The van der Waals surface area contributed by atoms with Gasteiger partial charge in [-0.15, -0.1) is 0 Å². The maximum Gasteiger partial charge on any atom is 0.321 e. The molecule has 1 aliphatic heterocycles. The van der Waals surface area contributed by atoms with Crippen LogP contribution >= 0.6 is 11.6 Å². The van der Waals surface area contributed by atoms with E-state index in [-0.39, 0.29) is 55.8 Å². The van der Waals surface area contributed by atoms with Crippen LogP contribution in [-0.4, -0.2) is 81.8 Å². The number of esters is 1. The first-order chi connectivity index (χ1) is 28.0. The highest BCUT2D eigenvalue weighted by atomic mass is 35.5. The lowest BCUT2D eigenvalue weighted by Crippen LogP contribution is -2.45. The van der Waals surface area contributed by atoms with Crippen LogP contribution in [0.25, 0.3) is 0 Å². The fraction of sp³-hybridized carbons (Fsp3) is 0.652. The smallest absolute Gasteiger partial charge is 0.321 e. The number of hydrogen-bond acceptors (Lipinski definition) is 10. The molecule has 0 aromatic heterocycles. The van der Waals surface area contributed by atoms with Crippen molar-refractivity contribution in [3.8, 4) is 0 Å². The number of amides is 1. The van der Waals surface area contributed by atoms with E-state index in [0.717, 1.165) is 63.5 Å². The van der Waals surface area contributed by atoms with Crippen LogP contribution in [0, 0.1) is 11.8 Å². The van der Waals surface area contributed by atoms with Gasteiger partial charge in [0.2, 0.25) is 11.1 Å². The fourth-order valence-electron chi connectivity index (χ4n) is 4.96. The first kappa shape index (κ1) is 59.1. The Bertz CT molecular complexity index is 1210. The van der Waals surface area contributed by atoms with E-state index in [1.807, 2.05) is 45.1 Å². The molecule has 12 heteroatoms. The topological polar surface area (TPSA) is 196 Å². The lowest BCUT2D eigenvalue weighted by molar-refractivity contribution is -0.157. The SMILES string of the molecule is CC/C=C\CC(=O)Cl.CC/C=C\CC/C=C1/OC(=O)C1CCCCCC/C=C\CC.CC/C=C\CCC(C(=O)C/C=C\CC)C(=O)NC(CO)CO.NC(CO)CO. The van der Waals surface area contributed by atoms with E-state index in [0.29, 0.717) is 19.3 Å². The van der Waals surface area contributed by atoms with Crippen molar-refractivity contribution >= 4 is 34.5 Å². The normalized spacial score (nSPS) is 15.0. The Hall–Kier alpha value is -3.19. The van der Waals surface area contributed by atoms with Gasteiger partial charge in [-0.2, -0.15) is 0 Å². The van der Waals surface area contributed by atoms with Gasteiger partial charge in [0.05, 0.1) is 44.4 Å². The van der Waals surface area contributed by atoms with Gasteiger partial charge in [-0.1, -0.05) is 115 Å². The molecule has 0 spiro atoms. The van der Waals surface area contributed by atoms with Crippen LogP contribution in [0.4, 0.5) is 0 Å². The van der Waals surface area contributed by atoms with Crippen molar-refractivity contribution < 1.29 is 44.3 Å². The number of hydrogen-bond donors (Lipinski definition) is 6. The molecule has 11 nitrogen and oxygen atoms in total. The molecule has 0 aromatic carbocycles. The number of rotatable bonds is 29. The van der Waals surface area contributed by atoms with E-state index in [1.54, 1.807) is 12.2 Å². The molecule has 1 amide bonds. The Balaban J connectivity index is -0.000000787. The Morgan fingerprint density at radius 1 is 0.672 bits per heavy atom. The molecule has 0 bridgehead atoms. The third kappa shape index (κ3) is 37.1. The zero-order valence-corrected chi connectivity index (χ0v) is 37.1. The molecule has 0 radical (unpaired) electrons. The van der Waals surface area contributed by atoms with Crippen molar-refractivity contribution in [3.63, 3.8) is 0 Å². The van der Waals surface area contributed by atoms with Gasteiger partial charge in [-0.3, -0.25) is 19.2 Å². The first-order valence-corrected chi connectivity index (χ1v) is 21.7. The molecule has 0 saturated carbocycles. The zero-order chi connectivity index (χ0) is 44.2. The van der Waals surface area contributed by atoms with E-state index in [9.17, 15) is 19.2 Å². The number of ketones is 1. The van der Waals surface area contributed by atoms with Crippen LogP contribution in [0.1, 0.15) is 144 Å². The van der Waals surface area contributed by atoms with Crippen LogP contribution in [0.2, 0.25) is 0 Å². The molecule has 1 rings (SSSR count). The average Bonchev–Trinajstić information content (AvgIpc) is 3.22. The number of halogens is 1. The van der Waals surface area contributed by atoms with Crippen LogP contribution in [0.5, 0.6) is 0 Å². The molecule has 2 unspecified atom stereocenters. The zero-order valence-electron chi connectivity index (χ0n) is 36.3. The van der Waals surface area contributed by atoms with Gasteiger partial charge in [0.1, 0.15) is 17.5 Å². The highest BCUT2D eigenvalue weighted by Crippen LogP contribution is 2.32. The van der Waals surface area contributed by atoms with E-state index in [4.69, 9.17) is 42.5 Å². The molecule has 1 aliphatic rings. The van der Waals surface area contributed by atoms with Crippen LogP contribution < -0.4 is 11.1 Å². The Morgan fingerprint density at radius 3 is 1.66 bits per heavy atom. The molecule has 1 fully saturated rings. The van der Waals surface area contributed by atoms with Crippen molar-refractivity contribution in [3.05, 3.63) is 72.6 Å². The second kappa shape index (κ2) is 44.9. The van der Waals surface area contributed by atoms with Crippen molar-refractivity contribution in [2.75, 3.05) is 26.4 Å². The Kier molecular flexibility index (Phi) is 45.8. The van der Waals surface area contributed by atoms with Crippen molar-refractivity contribution in [1.29, 1.82) is 0 Å². The van der Waals surface area contributed by atoms with E-state index in [1.165, 1.54) is 25.7 Å². The minimum Gasteiger partial charge on any atom is -0.430 e. The summed E-state index contributed by atoms with van der Waals surface area (Å²) in [4.78, 5) is 46.0. The third-order valence-corrected chi connectivity index (χ3v) is 8.49. The van der Waals surface area contributed by atoms with Crippen molar-refractivity contribution in [2.24, 2.45) is 17.6 Å². The van der Waals surface area contributed by atoms with E-state index in [2.05, 4.69) is 49.5 Å². The summed E-state index contributed by atoms with van der Waals surface area (Å²) in [5.74, 6) is -0.365. The maximum atomic E-state index is 12.2. The summed E-state index contributed by atoms with van der Waals surface area (Å²) in [6.45, 7) is 9.33. The van der Waals surface area contributed by atoms with Gasteiger partial charge in [0.25, 0.3) is 0 Å². The standard InChI is InChI=1S/C20H32O2.C17H29NO4.C6H9ClO.C3H9NO2/c1-3-5-7-9-10-11-13-14-16-18-19(22-20(18)21)17-15-12-8-6-4-2;1-3-5-7-9-10-15(16(21)11-8-6-4-2)17(22)18-14(12-19)13-20;1-2-3-4-5-6(7)8;4-3(1-5)2-6/h5-8,17-18H,3-4,9-16H2,1-2H3;5-8,14-15,19-20H,3-4,9-13H2,1-2H3,(H,18,22);3-4H,2,5H2,1H3;3,5-6H,1-2,4H2/b7-5-,8-6-,19-17+;7-5-,8-6-;4-3-;. The molecule has 1 saturated heterocycles. The summed E-state index contributed by atoms with van der Waals surface area (Å²) < 4.78 is 5.17. The number of carbonyl (C=O) groups excluding carboxylic acids is 4. The number of aliphatic hydroxyl groups is 4. The number of nitrogens with one attached hydrogen (secondary N) is 1. The number of ether oxygens (including phenoxy) is 1. The third-order valence-electron chi connectivity index (χ3n) is 8.33. The molecule has 2 atom stereocenters. The largest absolute Gasteiger partial charge is 0.430 e. The van der Waals surface area contributed by atoms with Crippen LogP contribution in [-0.2, 0) is 23.9 Å². The van der Waals surface area contributed by atoms with E-state index >= 15 is 0 Å². The molecular weight excluding hydrogens is 760 g/mol. The summed E-state index contributed by atoms with van der Waals surface area (Å²) in [6, 6.07) is -1.18. The number of allylic oxidation sites excluding steroid dienone is 11. The lowest BCUT2D eigenvalue weighted by Gasteiger charge is -2.27. The monoisotopic (exact) mass is 839 g/mol. The molecule has 334 valence electrons. The van der Waals surface area contributed by atoms with Crippen molar-refractivity contribution in [2.45, 2.75) is 156 Å². The van der Waals surface area contributed by atoms with Gasteiger partial charge in [0.15, 0.2) is 0 Å². The fourth-order valence-corrected chi connectivity index (χ4v) is 5.05. The quantitative estimate of drug-likeness (QED) is 0.0140. The predicted molar refractivity (Wildman–Crippen MR) is 238 cm³/mol. The summed E-state index contributed by atoms with van der Waals surface area (Å²) in [5.41, 5.74) is 4.97. The van der Waals surface area contributed by atoms with Gasteiger partial charge in [-0.25, -0.2) is 0 Å². The van der Waals surface area contributed by atoms with Gasteiger partial charge >= 0.3 is 5.97 Å². The minimum atomic E-state index is -0.747. The summed E-state index contributed by atoms with van der Waals surface area (Å²) in [5, 5.41) is 36.4. The average molecular weight is 840 g/mol. The molecule has 0 aromatic rings. The number of Topliss-reactive ketones (excluding diaryl/α,β-unsaturated/α-hetero) is 1. The molecule has 0 aliphatic carbocycles. The maximum absolute atomic E-state index is 12.2. The number of nitrogens with two attached hydrogens (primary N) is 1. The minimum absolute atomic E-state index is 0.0266. The number of unbranched alkanes of at least 4 members (excludes halogenated alkanes) is 5. The number of cyclic esters (lactones) is 1. The number of aliphatic hydroxyl groups excluding tert-OH is 4. The van der Waals surface area contributed by atoms with E-state index < -0.39 is 23.9 Å². The summed E-state index contributed by atoms with van der Waals surface area (Å²) in [7, 11) is 0. The van der Waals surface area contributed by atoms with Gasteiger partial charge in [0, 0.05) is 12.8 Å². The highest BCUT2D eigenvalue weighted by molar-refractivity contribution is 6.63. The Morgan fingerprint density at radius 2 is 1.17 bits per heavy atom. The lowest BCUT2D eigenvalue weighted by atomic mass is 9.94. The Labute approximate surface area is 355 Å². The predicted octanol–water partition coefficient (Wildman–Crippen LogP) is 8.25. The molecule has 1 heterocycles.